The molecular formula is C12H24N4. The molecule has 0 bridgehead atoms. The van der Waals surface area contributed by atoms with Crippen LogP contribution >= 0.6 is 0 Å². The van der Waals surface area contributed by atoms with Crippen molar-refractivity contribution in [1.82, 2.24) is 14.7 Å². The fourth-order valence-corrected chi connectivity index (χ4v) is 1.91. The molecule has 1 aromatic rings. The summed E-state index contributed by atoms with van der Waals surface area (Å²) in [6, 6.07) is 2.08. The zero-order valence-corrected chi connectivity index (χ0v) is 10.9. The second-order valence-corrected chi connectivity index (χ2v) is 5.18. The fourth-order valence-electron chi connectivity index (χ4n) is 1.91. The standard InChI is InChI=1S/C12H24N4/c1-5-16-11(6-7-14-16)8-15(4)10-12(2,3)9-13/h6-7H,5,8-10,13H2,1-4H3. The minimum atomic E-state index is 0.172. The van der Waals surface area contributed by atoms with Gasteiger partial charge < -0.3 is 5.73 Å². The van der Waals surface area contributed by atoms with Crippen LogP contribution in [-0.4, -0.2) is 34.8 Å². The molecule has 2 N–H and O–H groups in total. The van der Waals surface area contributed by atoms with Crippen LogP contribution in [0.5, 0.6) is 0 Å². The number of rotatable bonds is 6. The van der Waals surface area contributed by atoms with Gasteiger partial charge in [0, 0.05) is 25.8 Å². The SMILES string of the molecule is CCn1nccc1CN(C)CC(C)(C)CN. The topological polar surface area (TPSA) is 47.1 Å². The first-order valence-corrected chi connectivity index (χ1v) is 5.88. The van der Waals surface area contributed by atoms with Crippen molar-refractivity contribution in [2.75, 3.05) is 20.1 Å². The molecule has 0 aliphatic heterocycles. The maximum atomic E-state index is 5.74. The molecule has 0 aliphatic rings. The maximum Gasteiger partial charge on any atom is 0.0524 e. The summed E-state index contributed by atoms with van der Waals surface area (Å²) in [6.07, 6.45) is 1.86. The van der Waals surface area contributed by atoms with Gasteiger partial charge in [-0.05, 0) is 32.0 Å². The van der Waals surface area contributed by atoms with Crippen LogP contribution in [0.2, 0.25) is 0 Å². The third-order valence-electron chi connectivity index (χ3n) is 2.79. The highest BCUT2D eigenvalue weighted by Crippen LogP contribution is 2.15. The van der Waals surface area contributed by atoms with E-state index in [0.717, 1.165) is 19.6 Å². The van der Waals surface area contributed by atoms with Gasteiger partial charge in [-0.15, -0.1) is 0 Å². The Morgan fingerprint density at radius 3 is 2.75 bits per heavy atom. The maximum absolute atomic E-state index is 5.74. The van der Waals surface area contributed by atoms with Gasteiger partial charge in [0.2, 0.25) is 0 Å². The molecule has 0 amide bonds. The van der Waals surface area contributed by atoms with Gasteiger partial charge in [0.25, 0.3) is 0 Å². The summed E-state index contributed by atoms with van der Waals surface area (Å²) in [5.74, 6) is 0. The van der Waals surface area contributed by atoms with Crippen LogP contribution in [0.25, 0.3) is 0 Å². The molecular weight excluding hydrogens is 200 g/mol. The van der Waals surface area contributed by atoms with E-state index in [9.17, 15) is 0 Å². The lowest BCUT2D eigenvalue weighted by Gasteiger charge is -2.29. The normalized spacial score (nSPS) is 12.4. The van der Waals surface area contributed by atoms with Gasteiger partial charge in [0.15, 0.2) is 0 Å². The van der Waals surface area contributed by atoms with Crippen molar-refractivity contribution in [3.63, 3.8) is 0 Å². The Hall–Kier alpha value is -0.870. The van der Waals surface area contributed by atoms with E-state index in [1.54, 1.807) is 0 Å². The third-order valence-corrected chi connectivity index (χ3v) is 2.79. The number of aryl methyl sites for hydroxylation is 1. The molecule has 0 aromatic carbocycles. The van der Waals surface area contributed by atoms with Crippen molar-refractivity contribution in [2.24, 2.45) is 11.1 Å². The minimum Gasteiger partial charge on any atom is -0.330 e. The Morgan fingerprint density at radius 1 is 1.50 bits per heavy atom. The Bertz CT molecular complexity index is 317. The Kier molecular flexibility index (Phi) is 4.50. The predicted molar refractivity (Wildman–Crippen MR) is 67.1 cm³/mol. The molecule has 0 saturated heterocycles. The molecule has 4 nitrogen and oxygen atoms in total. The lowest BCUT2D eigenvalue weighted by Crippen LogP contribution is -2.36. The molecule has 0 spiro atoms. The number of nitrogens with two attached hydrogens (primary N) is 1. The average Bonchev–Trinajstić information content (AvgIpc) is 2.64. The van der Waals surface area contributed by atoms with Crippen LogP contribution in [0.15, 0.2) is 12.3 Å². The fraction of sp³-hybridized carbons (Fsp3) is 0.750. The Labute approximate surface area is 98.4 Å². The Morgan fingerprint density at radius 2 is 2.19 bits per heavy atom. The molecule has 0 atom stereocenters. The molecule has 4 heteroatoms. The van der Waals surface area contributed by atoms with E-state index >= 15 is 0 Å². The van der Waals surface area contributed by atoms with Gasteiger partial charge in [0.05, 0.1) is 5.69 Å². The number of hydrogen-bond acceptors (Lipinski definition) is 3. The Balaban J connectivity index is 2.54. The average molecular weight is 224 g/mol. The van der Waals surface area contributed by atoms with E-state index in [1.807, 2.05) is 10.9 Å². The van der Waals surface area contributed by atoms with Gasteiger partial charge in [-0.3, -0.25) is 9.58 Å². The lowest BCUT2D eigenvalue weighted by molar-refractivity contribution is 0.205. The van der Waals surface area contributed by atoms with Gasteiger partial charge in [-0.2, -0.15) is 5.10 Å². The van der Waals surface area contributed by atoms with Crippen molar-refractivity contribution < 1.29 is 0 Å². The smallest absolute Gasteiger partial charge is 0.0524 e. The summed E-state index contributed by atoms with van der Waals surface area (Å²) in [5, 5.41) is 4.27. The van der Waals surface area contributed by atoms with Gasteiger partial charge in [0.1, 0.15) is 0 Å². The van der Waals surface area contributed by atoms with E-state index in [0.29, 0.717) is 6.54 Å². The van der Waals surface area contributed by atoms with Crippen LogP contribution in [0, 0.1) is 5.41 Å². The van der Waals surface area contributed by atoms with Gasteiger partial charge in [-0.25, -0.2) is 0 Å². The minimum absolute atomic E-state index is 0.172. The number of hydrogen-bond donors (Lipinski definition) is 1. The molecule has 1 rings (SSSR count). The van der Waals surface area contributed by atoms with E-state index in [1.165, 1.54) is 5.69 Å². The molecule has 92 valence electrons. The first-order valence-electron chi connectivity index (χ1n) is 5.88. The largest absolute Gasteiger partial charge is 0.330 e. The second-order valence-electron chi connectivity index (χ2n) is 5.18. The summed E-state index contributed by atoms with van der Waals surface area (Å²) in [7, 11) is 2.13. The zero-order valence-electron chi connectivity index (χ0n) is 10.9. The van der Waals surface area contributed by atoms with Crippen LogP contribution in [-0.2, 0) is 13.1 Å². The van der Waals surface area contributed by atoms with Crippen LogP contribution in [0.3, 0.4) is 0 Å². The molecule has 1 aromatic heterocycles. The summed E-state index contributed by atoms with van der Waals surface area (Å²) in [6.45, 7) is 10.1. The highest BCUT2D eigenvalue weighted by Gasteiger charge is 2.18. The van der Waals surface area contributed by atoms with E-state index in [-0.39, 0.29) is 5.41 Å². The van der Waals surface area contributed by atoms with Crippen molar-refractivity contribution >= 4 is 0 Å². The zero-order chi connectivity index (χ0) is 12.2. The molecule has 0 radical (unpaired) electrons. The second kappa shape index (κ2) is 5.46. The molecule has 0 aliphatic carbocycles. The van der Waals surface area contributed by atoms with Crippen LogP contribution in [0.1, 0.15) is 26.5 Å². The van der Waals surface area contributed by atoms with Gasteiger partial charge in [-0.1, -0.05) is 13.8 Å². The lowest BCUT2D eigenvalue weighted by atomic mass is 9.93. The first-order chi connectivity index (χ1) is 7.48. The highest BCUT2D eigenvalue weighted by molar-refractivity contribution is 5.00. The van der Waals surface area contributed by atoms with Crippen molar-refractivity contribution in [1.29, 1.82) is 0 Å². The number of nitrogens with zero attached hydrogens (tertiary/aromatic N) is 3. The summed E-state index contributed by atoms with van der Waals surface area (Å²) < 4.78 is 2.03. The van der Waals surface area contributed by atoms with Gasteiger partial charge >= 0.3 is 0 Å². The quantitative estimate of drug-likeness (QED) is 0.793. The number of aromatic nitrogens is 2. The van der Waals surface area contributed by atoms with E-state index in [4.69, 9.17) is 5.73 Å². The summed E-state index contributed by atoms with van der Waals surface area (Å²) in [5.41, 5.74) is 7.17. The molecule has 16 heavy (non-hydrogen) atoms. The van der Waals surface area contributed by atoms with Crippen LogP contribution < -0.4 is 5.73 Å². The van der Waals surface area contributed by atoms with Crippen molar-refractivity contribution in [3.05, 3.63) is 18.0 Å². The monoisotopic (exact) mass is 224 g/mol. The van der Waals surface area contributed by atoms with Crippen LogP contribution in [0.4, 0.5) is 0 Å². The van der Waals surface area contributed by atoms with Crippen molar-refractivity contribution in [3.8, 4) is 0 Å². The summed E-state index contributed by atoms with van der Waals surface area (Å²) >= 11 is 0. The molecule has 0 fully saturated rings. The highest BCUT2D eigenvalue weighted by atomic mass is 15.3. The third kappa shape index (κ3) is 3.61. The van der Waals surface area contributed by atoms with Crippen molar-refractivity contribution in [2.45, 2.75) is 33.9 Å². The molecule has 1 heterocycles. The molecule has 0 saturated carbocycles. The first kappa shape index (κ1) is 13.2. The predicted octanol–water partition coefficient (Wildman–Crippen LogP) is 1.32. The van der Waals surface area contributed by atoms with E-state index in [2.05, 4.69) is 43.9 Å². The molecule has 0 unspecified atom stereocenters. The summed E-state index contributed by atoms with van der Waals surface area (Å²) in [4.78, 5) is 2.30. The van der Waals surface area contributed by atoms with E-state index < -0.39 is 0 Å².